The molecule has 0 saturated heterocycles. The van der Waals surface area contributed by atoms with Gasteiger partial charge in [-0.1, -0.05) is 42.5 Å². The number of amides is 1. The van der Waals surface area contributed by atoms with Crippen LogP contribution in [-0.2, 0) is 11.3 Å². The predicted molar refractivity (Wildman–Crippen MR) is 102 cm³/mol. The normalized spacial score (nSPS) is 11.0. The van der Waals surface area contributed by atoms with E-state index >= 15 is 0 Å². The first-order valence-electron chi connectivity index (χ1n) is 8.39. The quantitative estimate of drug-likeness (QED) is 0.644. The molecule has 0 radical (unpaired) electrons. The van der Waals surface area contributed by atoms with E-state index in [1.807, 2.05) is 60.7 Å². The summed E-state index contributed by atoms with van der Waals surface area (Å²) in [7, 11) is 0. The van der Waals surface area contributed by atoms with Crippen molar-refractivity contribution in [2.45, 2.75) is 6.54 Å². The molecule has 2 aromatic carbocycles. The van der Waals surface area contributed by atoms with Crippen molar-refractivity contribution in [1.82, 2.24) is 10.3 Å². The Labute approximate surface area is 152 Å². The largest absolute Gasteiger partial charge is 0.491 e. The fraction of sp³-hybridized carbons (Fsp3) is 0.143. The van der Waals surface area contributed by atoms with Crippen LogP contribution in [0, 0.1) is 0 Å². The molecule has 0 unspecified atom stereocenters. The summed E-state index contributed by atoms with van der Waals surface area (Å²) in [6.07, 6.45) is 3.16. The number of nitrogens with zero attached hydrogens (tertiary/aromatic N) is 1. The highest BCUT2D eigenvalue weighted by atomic mass is 16.5. The summed E-state index contributed by atoms with van der Waals surface area (Å²) in [4.78, 5) is 16.6. The van der Waals surface area contributed by atoms with E-state index in [4.69, 9.17) is 9.84 Å². The average molecular weight is 348 g/mol. The van der Waals surface area contributed by atoms with Crippen molar-refractivity contribution in [2.75, 3.05) is 13.2 Å². The minimum Gasteiger partial charge on any atom is -0.491 e. The topological polar surface area (TPSA) is 71.5 Å². The van der Waals surface area contributed by atoms with E-state index < -0.39 is 0 Å². The first kappa shape index (κ1) is 17.6. The average Bonchev–Trinajstić information content (AvgIpc) is 2.69. The first-order valence-corrected chi connectivity index (χ1v) is 8.39. The summed E-state index contributed by atoms with van der Waals surface area (Å²) in [5.41, 5.74) is 2.47. The molecule has 0 aliphatic carbocycles. The van der Waals surface area contributed by atoms with Gasteiger partial charge in [-0.25, -0.2) is 4.98 Å². The first-order chi connectivity index (χ1) is 12.8. The maximum Gasteiger partial charge on any atom is 0.244 e. The minimum absolute atomic E-state index is 0.0534. The number of nitrogens with one attached hydrogen (secondary N) is 1. The zero-order chi connectivity index (χ0) is 18.2. The van der Waals surface area contributed by atoms with E-state index in [0.717, 1.165) is 22.2 Å². The van der Waals surface area contributed by atoms with Gasteiger partial charge >= 0.3 is 0 Å². The number of fused-ring (bicyclic) bond motifs is 1. The maximum atomic E-state index is 12.1. The third-order valence-electron chi connectivity index (χ3n) is 3.80. The minimum atomic E-state index is -0.211. The number of benzene rings is 2. The van der Waals surface area contributed by atoms with Crippen LogP contribution in [0.1, 0.15) is 11.3 Å². The second kappa shape index (κ2) is 8.78. The molecule has 132 valence electrons. The molecule has 0 spiro atoms. The second-order valence-electron chi connectivity index (χ2n) is 5.66. The van der Waals surface area contributed by atoms with E-state index in [0.29, 0.717) is 12.3 Å². The third-order valence-corrected chi connectivity index (χ3v) is 3.80. The summed E-state index contributed by atoms with van der Waals surface area (Å²) < 4.78 is 5.46. The Morgan fingerprint density at radius 1 is 1.08 bits per heavy atom. The van der Waals surface area contributed by atoms with Gasteiger partial charge < -0.3 is 15.2 Å². The van der Waals surface area contributed by atoms with Gasteiger partial charge in [0.05, 0.1) is 17.8 Å². The number of hydrogen-bond donors (Lipinski definition) is 2. The van der Waals surface area contributed by atoms with E-state index in [-0.39, 0.29) is 19.1 Å². The zero-order valence-electron chi connectivity index (χ0n) is 14.3. The van der Waals surface area contributed by atoms with Gasteiger partial charge in [0.1, 0.15) is 12.4 Å². The lowest BCUT2D eigenvalue weighted by atomic mass is 10.2. The molecule has 26 heavy (non-hydrogen) atoms. The highest BCUT2D eigenvalue weighted by Crippen LogP contribution is 2.17. The van der Waals surface area contributed by atoms with Crippen molar-refractivity contribution in [3.63, 3.8) is 0 Å². The van der Waals surface area contributed by atoms with Gasteiger partial charge in [0.15, 0.2) is 0 Å². The van der Waals surface area contributed by atoms with Crippen molar-refractivity contribution in [2.24, 2.45) is 0 Å². The van der Waals surface area contributed by atoms with Crippen LogP contribution in [0.4, 0.5) is 0 Å². The monoisotopic (exact) mass is 348 g/mol. The molecule has 2 N–H and O–H groups in total. The number of aliphatic hydroxyl groups excluding tert-OH is 1. The number of hydrogen-bond acceptors (Lipinski definition) is 4. The molecular weight excluding hydrogens is 328 g/mol. The van der Waals surface area contributed by atoms with E-state index in [1.54, 1.807) is 6.08 Å². The van der Waals surface area contributed by atoms with E-state index in [9.17, 15) is 4.79 Å². The summed E-state index contributed by atoms with van der Waals surface area (Å²) in [6, 6.07) is 19.1. The summed E-state index contributed by atoms with van der Waals surface area (Å²) in [6.45, 7) is 0.511. The van der Waals surface area contributed by atoms with E-state index in [1.165, 1.54) is 6.08 Å². The molecule has 1 aromatic heterocycles. The second-order valence-corrected chi connectivity index (χ2v) is 5.66. The van der Waals surface area contributed by atoms with Gasteiger partial charge in [0, 0.05) is 23.6 Å². The van der Waals surface area contributed by atoms with Crippen LogP contribution >= 0.6 is 0 Å². The van der Waals surface area contributed by atoms with Gasteiger partial charge in [-0.05, 0) is 24.3 Å². The van der Waals surface area contributed by atoms with Crippen molar-refractivity contribution >= 4 is 22.9 Å². The van der Waals surface area contributed by atoms with Crippen LogP contribution in [0.2, 0.25) is 0 Å². The summed E-state index contributed by atoms with van der Waals surface area (Å²) >= 11 is 0. The molecule has 0 fully saturated rings. The van der Waals surface area contributed by atoms with Crippen LogP contribution in [-0.4, -0.2) is 29.2 Å². The number of pyridine rings is 1. The standard InChI is InChI=1S/C21H20N2O3/c24-13-14-26-20-8-4-2-6-17(20)15-22-21(25)12-11-18-10-9-16-5-1-3-7-19(16)23-18/h1-12,24H,13-15H2,(H,22,25)/b12-11+. The summed E-state index contributed by atoms with van der Waals surface area (Å²) in [5, 5.41) is 12.8. The molecule has 0 aliphatic heterocycles. The molecule has 0 atom stereocenters. The number of aliphatic hydroxyl groups is 1. The Balaban J connectivity index is 1.61. The SMILES string of the molecule is O=C(/C=C/c1ccc2ccccc2n1)NCc1ccccc1OCCO. The molecule has 0 bridgehead atoms. The number of carbonyl (C=O) groups is 1. The Morgan fingerprint density at radius 3 is 2.77 bits per heavy atom. The van der Waals surface area contributed by atoms with Crippen molar-refractivity contribution < 1.29 is 14.6 Å². The van der Waals surface area contributed by atoms with Crippen molar-refractivity contribution in [3.8, 4) is 5.75 Å². The number of carbonyl (C=O) groups excluding carboxylic acids is 1. The highest BCUT2D eigenvalue weighted by Gasteiger charge is 2.04. The Kier molecular flexibility index (Phi) is 5.96. The fourth-order valence-corrected chi connectivity index (χ4v) is 2.52. The van der Waals surface area contributed by atoms with Gasteiger partial charge in [-0.2, -0.15) is 0 Å². The van der Waals surface area contributed by atoms with Gasteiger partial charge in [-0.3, -0.25) is 4.79 Å². The van der Waals surface area contributed by atoms with Crippen molar-refractivity contribution in [3.05, 3.63) is 78.0 Å². The van der Waals surface area contributed by atoms with Crippen LogP contribution in [0.3, 0.4) is 0 Å². The fourth-order valence-electron chi connectivity index (χ4n) is 2.52. The number of rotatable bonds is 7. The lowest BCUT2D eigenvalue weighted by Crippen LogP contribution is -2.20. The third kappa shape index (κ3) is 4.68. The molecular formula is C21H20N2O3. The molecule has 3 rings (SSSR count). The number of ether oxygens (including phenoxy) is 1. The molecule has 0 saturated carbocycles. The molecule has 1 heterocycles. The zero-order valence-corrected chi connectivity index (χ0v) is 14.3. The molecule has 5 nitrogen and oxygen atoms in total. The van der Waals surface area contributed by atoms with Crippen LogP contribution in [0.25, 0.3) is 17.0 Å². The molecule has 1 amide bonds. The van der Waals surface area contributed by atoms with Gasteiger partial charge in [0.2, 0.25) is 5.91 Å². The summed E-state index contributed by atoms with van der Waals surface area (Å²) in [5.74, 6) is 0.443. The van der Waals surface area contributed by atoms with Crippen LogP contribution in [0.5, 0.6) is 5.75 Å². The lowest BCUT2D eigenvalue weighted by Gasteiger charge is -2.10. The van der Waals surface area contributed by atoms with Crippen molar-refractivity contribution in [1.29, 1.82) is 0 Å². The van der Waals surface area contributed by atoms with Gasteiger partial charge in [0.25, 0.3) is 0 Å². The Bertz CT molecular complexity index is 922. The number of aromatic nitrogens is 1. The van der Waals surface area contributed by atoms with E-state index in [2.05, 4.69) is 10.3 Å². The predicted octanol–water partition coefficient (Wildman–Crippen LogP) is 2.94. The van der Waals surface area contributed by atoms with Crippen LogP contribution in [0.15, 0.2) is 66.7 Å². The Morgan fingerprint density at radius 2 is 1.88 bits per heavy atom. The highest BCUT2D eigenvalue weighted by molar-refractivity contribution is 5.91. The number of para-hydroxylation sites is 2. The smallest absolute Gasteiger partial charge is 0.244 e. The van der Waals surface area contributed by atoms with Crippen LogP contribution < -0.4 is 10.1 Å². The molecule has 0 aliphatic rings. The van der Waals surface area contributed by atoms with Gasteiger partial charge in [-0.15, -0.1) is 0 Å². The Hall–Kier alpha value is -3.18. The maximum absolute atomic E-state index is 12.1. The molecule has 5 heteroatoms. The lowest BCUT2D eigenvalue weighted by molar-refractivity contribution is -0.116. The molecule has 3 aromatic rings.